The van der Waals surface area contributed by atoms with Crippen LogP contribution in [0.3, 0.4) is 0 Å². The predicted molar refractivity (Wildman–Crippen MR) is 110 cm³/mol. The zero-order valence-corrected chi connectivity index (χ0v) is 17.0. The lowest BCUT2D eigenvalue weighted by Crippen LogP contribution is -2.10. The molecule has 2 heterocycles. The first-order valence-electron chi connectivity index (χ1n) is 10.2. The van der Waals surface area contributed by atoms with Crippen molar-refractivity contribution in [3.8, 4) is 5.75 Å². The van der Waals surface area contributed by atoms with Crippen LogP contribution in [-0.2, 0) is 17.7 Å². The number of benzene rings is 1. The van der Waals surface area contributed by atoms with E-state index >= 15 is 0 Å². The van der Waals surface area contributed by atoms with Gasteiger partial charge >= 0.3 is 0 Å². The Bertz CT molecular complexity index is 738. The lowest BCUT2D eigenvalue weighted by molar-refractivity contribution is 0.304. The molecular formula is C22H31N3O3. The fourth-order valence-electron chi connectivity index (χ4n) is 3.20. The van der Waals surface area contributed by atoms with Gasteiger partial charge in [0, 0.05) is 24.6 Å². The van der Waals surface area contributed by atoms with Crippen LogP contribution < -0.4 is 4.74 Å². The highest BCUT2D eigenvalue weighted by Gasteiger charge is 2.09. The third kappa shape index (κ3) is 6.68. The summed E-state index contributed by atoms with van der Waals surface area (Å²) in [5.41, 5.74) is 2.03. The van der Waals surface area contributed by atoms with Crippen LogP contribution in [0.2, 0.25) is 0 Å². The molecule has 1 aliphatic heterocycles. The van der Waals surface area contributed by atoms with Crippen LogP contribution in [0.4, 0.5) is 0 Å². The van der Waals surface area contributed by atoms with Crippen molar-refractivity contribution in [1.29, 1.82) is 0 Å². The lowest BCUT2D eigenvalue weighted by atomic mass is 10.1. The number of rotatable bonds is 12. The van der Waals surface area contributed by atoms with Crippen molar-refractivity contribution in [3.63, 3.8) is 0 Å². The second-order valence-electron chi connectivity index (χ2n) is 7.45. The van der Waals surface area contributed by atoms with E-state index in [9.17, 15) is 0 Å². The maximum Gasteiger partial charge on any atom is 0.216 e. The van der Waals surface area contributed by atoms with E-state index in [1.807, 2.05) is 38.4 Å². The summed E-state index contributed by atoms with van der Waals surface area (Å²) in [5, 5.41) is 4.11. The van der Waals surface area contributed by atoms with Crippen LogP contribution in [-0.4, -0.2) is 49.8 Å². The minimum Gasteiger partial charge on any atom is -0.494 e. The summed E-state index contributed by atoms with van der Waals surface area (Å²) in [7, 11) is 4.07. The molecule has 0 aliphatic carbocycles. The van der Waals surface area contributed by atoms with Crippen LogP contribution in [0.15, 0.2) is 39.8 Å². The summed E-state index contributed by atoms with van der Waals surface area (Å²) < 4.78 is 16.7. The summed E-state index contributed by atoms with van der Waals surface area (Å²) >= 11 is 0. The summed E-state index contributed by atoms with van der Waals surface area (Å²) in [6.45, 7) is 3.02. The second-order valence-corrected chi connectivity index (χ2v) is 7.45. The molecule has 0 bridgehead atoms. The fourth-order valence-corrected chi connectivity index (χ4v) is 3.20. The van der Waals surface area contributed by atoms with Gasteiger partial charge in [-0.3, -0.25) is 0 Å². The first kappa shape index (κ1) is 20.4. The number of nitrogens with zero attached hydrogens (tertiary/aromatic N) is 3. The van der Waals surface area contributed by atoms with Crippen molar-refractivity contribution in [3.05, 3.63) is 47.3 Å². The van der Waals surface area contributed by atoms with Crippen molar-refractivity contribution in [2.24, 2.45) is 4.99 Å². The summed E-state index contributed by atoms with van der Waals surface area (Å²) in [6, 6.07) is 10.1. The van der Waals surface area contributed by atoms with Gasteiger partial charge in [-0.1, -0.05) is 24.4 Å². The van der Waals surface area contributed by atoms with E-state index in [-0.39, 0.29) is 0 Å². The first-order valence-corrected chi connectivity index (χ1v) is 10.2. The molecule has 0 spiro atoms. The molecule has 0 fully saturated rings. The third-order valence-corrected chi connectivity index (χ3v) is 4.61. The predicted octanol–water partition coefficient (Wildman–Crippen LogP) is 4.09. The molecule has 0 saturated carbocycles. The van der Waals surface area contributed by atoms with E-state index in [1.54, 1.807) is 0 Å². The van der Waals surface area contributed by atoms with Gasteiger partial charge < -0.3 is 18.9 Å². The Hall–Kier alpha value is -2.34. The van der Waals surface area contributed by atoms with E-state index < -0.39 is 0 Å². The van der Waals surface area contributed by atoms with Gasteiger partial charge in [-0.15, -0.1) is 0 Å². The molecule has 6 nitrogen and oxygen atoms in total. The SMILES string of the molecule is CN(C)Cc1cc(CCCCCCCOc2ccc(C3=NCCO3)cc2)on1. The molecule has 2 aromatic rings. The second kappa shape index (κ2) is 10.9. The van der Waals surface area contributed by atoms with Gasteiger partial charge in [0.1, 0.15) is 18.1 Å². The van der Waals surface area contributed by atoms with Crippen LogP contribution in [0, 0.1) is 0 Å². The highest BCUT2D eigenvalue weighted by Crippen LogP contribution is 2.16. The van der Waals surface area contributed by atoms with Crippen molar-refractivity contribution in [1.82, 2.24) is 10.1 Å². The molecule has 28 heavy (non-hydrogen) atoms. The van der Waals surface area contributed by atoms with Gasteiger partial charge in [-0.05, 0) is 51.2 Å². The van der Waals surface area contributed by atoms with Crippen LogP contribution in [0.5, 0.6) is 5.75 Å². The Morgan fingerprint density at radius 3 is 2.57 bits per heavy atom. The van der Waals surface area contributed by atoms with Gasteiger partial charge in [0.15, 0.2) is 0 Å². The Balaban J connectivity index is 1.22. The maximum atomic E-state index is 5.83. The molecule has 3 rings (SSSR count). The average Bonchev–Trinajstić information content (AvgIpc) is 3.36. The largest absolute Gasteiger partial charge is 0.494 e. The number of ether oxygens (including phenoxy) is 2. The average molecular weight is 386 g/mol. The van der Waals surface area contributed by atoms with Crippen LogP contribution in [0.1, 0.15) is 49.1 Å². The van der Waals surface area contributed by atoms with Gasteiger partial charge in [0.2, 0.25) is 5.90 Å². The Kier molecular flexibility index (Phi) is 7.91. The van der Waals surface area contributed by atoms with Crippen LogP contribution >= 0.6 is 0 Å². The smallest absolute Gasteiger partial charge is 0.216 e. The molecule has 0 atom stereocenters. The molecule has 0 N–H and O–H groups in total. The van der Waals surface area contributed by atoms with E-state index in [0.29, 0.717) is 6.61 Å². The number of aromatic nitrogens is 1. The number of aryl methyl sites for hydroxylation is 1. The number of unbranched alkanes of at least 4 members (excludes halogenated alkanes) is 4. The zero-order chi connectivity index (χ0) is 19.6. The lowest BCUT2D eigenvalue weighted by Gasteiger charge is -2.07. The van der Waals surface area contributed by atoms with Gasteiger partial charge in [0.05, 0.1) is 18.8 Å². The van der Waals surface area contributed by atoms with E-state index in [4.69, 9.17) is 14.0 Å². The number of hydrogen-bond acceptors (Lipinski definition) is 6. The van der Waals surface area contributed by atoms with Crippen molar-refractivity contribution < 1.29 is 14.0 Å². The van der Waals surface area contributed by atoms with Gasteiger partial charge in [-0.2, -0.15) is 0 Å². The van der Waals surface area contributed by atoms with Crippen molar-refractivity contribution in [2.75, 3.05) is 33.9 Å². The molecule has 0 unspecified atom stereocenters. The third-order valence-electron chi connectivity index (χ3n) is 4.61. The highest BCUT2D eigenvalue weighted by molar-refractivity contribution is 5.94. The minimum atomic E-state index is 0.684. The molecule has 6 heteroatoms. The summed E-state index contributed by atoms with van der Waals surface area (Å²) in [6.07, 6.45) is 6.81. The number of aliphatic imine (C=N–C) groups is 1. The van der Waals surface area contributed by atoms with Crippen molar-refractivity contribution >= 4 is 5.90 Å². The van der Waals surface area contributed by atoms with E-state index in [1.165, 1.54) is 19.3 Å². The zero-order valence-electron chi connectivity index (χ0n) is 17.0. The first-order chi connectivity index (χ1) is 13.7. The van der Waals surface area contributed by atoms with Crippen LogP contribution in [0.25, 0.3) is 0 Å². The Labute approximate surface area is 167 Å². The van der Waals surface area contributed by atoms with E-state index in [2.05, 4.69) is 21.1 Å². The van der Waals surface area contributed by atoms with Gasteiger partial charge in [0.25, 0.3) is 0 Å². The molecule has 1 aromatic carbocycles. The Morgan fingerprint density at radius 1 is 1.04 bits per heavy atom. The molecule has 0 radical (unpaired) electrons. The van der Waals surface area contributed by atoms with E-state index in [0.717, 1.165) is 67.6 Å². The monoisotopic (exact) mass is 385 g/mol. The normalized spacial score (nSPS) is 13.6. The molecule has 0 amide bonds. The number of hydrogen-bond donors (Lipinski definition) is 0. The minimum absolute atomic E-state index is 0.684. The van der Waals surface area contributed by atoms with Crippen molar-refractivity contribution in [2.45, 2.75) is 45.1 Å². The quantitative estimate of drug-likeness (QED) is 0.515. The fraction of sp³-hybridized carbons (Fsp3) is 0.545. The topological polar surface area (TPSA) is 60.1 Å². The Morgan fingerprint density at radius 2 is 1.82 bits per heavy atom. The standard InChI is InChI=1S/C22H31N3O3/c1-25(2)17-19-16-21(28-24-19)8-6-4-3-5-7-14-26-20-11-9-18(10-12-20)22-23-13-15-27-22/h9-12,16H,3-8,13-15,17H2,1-2H3. The summed E-state index contributed by atoms with van der Waals surface area (Å²) in [4.78, 5) is 6.41. The molecule has 1 aliphatic rings. The molecular weight excluding hydrogens is 354 g/mol. The molecule has 152 valence electrons. The maximum absolute atomic E-state index is 5.83. The molecule has 1 aromatic heterocycles. The molecule has 0 saturated heterocycles. The summed E-state index contributed by atoms with van der Waals surface area (Å²) in [5.74, 6) is 2.64. The van der Waals surface area contributed by atoms with Gasteiger partial charge in [-0.25, -0.2) is 4.99 Å². The highest BCUT2D eigenvalue weighted by atomic mass is 16.5.